The first kappa shape index (κ1) is 23.7. The number of ether oxygens (including phenoxy) is 1. The van der Waals surface area contributed by atoms with Crippen molar-refractivity contribution in [2.24, 2.45) is 0 Å². The van der Waals surface area contributed by atoms with Gasteiger partial charge in [0.2, 0.25) is 0 Å². The van der Waals surface area contributed by atoms with E-state index in [1.54, 1.807) is 11.4 Å². The Labute approximate surface area is 201 Å². The Bertz CT molecular complexity index is 1160. The van der Waals surface area contributed by atoms with Crippen molar-refractivity contribution in [3.8, 4) is 11.1 Å². The Balaban J connectivity index is 1.25. The molecule has 1 heterocycles. The molecule has 2 aromatic carbocycles. The van der Waals surface area contributed by atoms with Crippen LogP contribution in [0.3, 0.4) is 0 Å². The fourth-order valence-electron chi connectivity index (χ4n) is 4.12. The molecule has 8 heteroatoms. The maximum Gasteiger partial charge on any atom is 0.407 e. The van der Waals surface area contributed by atoms with Crippen molar-refractivity contribution >= 4 is 29.5 Å². The summed E-state index contributed by atoms with van der Waals surface area (Å²) in [6, 6.07) is 17.8. The molecule has 4 rings (SSSR count). The summed E-state index contributed by atoms with van der Waals surface area (Å²) in [5, 5.41) is 33.6. The molecule has 0 spiro atoms. The van der Waals surface area contributed by atoms with E-state index in [0.717, 1.165) is 28.3 Å². The van der Waals surface area contributed by atoms with Gasteiger partial charge in [0.1, 0.15) is 12.7 Å². The van der Waals surface area contributed by atoms with E-state index in [4.69, 9.17) is 9.84 Å². The maximum atomic E-state index is 12.2. The van der Waals surface area contributed by atoms with Gasteiger partial charge < -0.3 is 25.4 Å². The zero-order chi connectivity index (χ0) is 24.1. The number of aliphatic hydroxyl groups is 2. The van der Waals surface area contributed by atoms with Crippen molar-refractivity contribution in [1.82, 2.24) is 5.32 Å². The van der Waals surface area contributed by atoms with Crippen LogP contribution in [-0.4, -0.2) is 46.6 Å². The number of carboxylic acids is 1. The zero-order valence-corrected chi connectivity index (χ0v) is 19.1. The van der Waals surface area contributed by atoms with Crippen LogP contribution in [0.25, 0.3) is 17.2 Å². The van der Waals surface area contributed by atoms with Crippen LogP contribution in [0, 0.1) is 0 Å². The lowest BCUT2D eigenvalue weighted by atomic mass is 9.98. The number of carbonyl (C=O) groups is 2. The van der Waals surface area contributed by atoms with Crippen LogP contribution in [0.1, 0.15) is 40.0 Å². The number of thiophene rings is 1. The second kappa shape index (κ2) is 10.6. The molecule has 4 N–H and O–H groups in total. The van der Waals surface area contributed by atoms with Crippen LogP contribution in [0.2, 0.25) is 0 Å². The Kier molecular flexibility index (Phi) is 7.42. The third-order valence-electron chi connectivity index (χ3n) is 5.79. The van der Waals surface area contributed by atoms with Crippen molar-refractivity contribution < 1.29 is 29.6 Å². The third-order valence-corrected chi connectivity index (χ3v) is 6.71. The molecule has 3 aromatic rings. The molecular weight excluding hydrogens is 454 g/mol. The van der Waals surface area contributed by atoms with E-state index >= 15 is 0 Å². The van der Waals surface area contributed by atoms with Gasteiger partial charge in [-0.3, -0.25) is 0 Å². The van der Waals surface area contributed by atoms with Gasteiger partial charge in [0, 0.05) is 23.4 Å². The van der Waals surface area contributed by atoms with Crippen molar-refractivity contribution in [3.63, 3.8) is 0 Å². The van der Waals surface area contributed by atoms with Gasteiger partial charge in [0.15, 0.2) is 0 Å². The number of nitrogens with one attached hydrogen (secondary N) is 1. The summed E-state index contributed by atoms with van der Waals surface area (Å²) in [6.07, 6.45) is -0.264. The lowest BCUT2D eigenvalue weighted by Gasteiger charge is -2.18. The van der Waals surface area contributed by atoms with Crippen molar-refractivity contribution in [2.75, 3.05) is 13.2 Å². The monoisotopic (exact) mass is 479 g/mol. The van der Waals surface area contributed by atoms with E-state index in [1.165, 1.54) is 17.4 Å². The number of amides is 1. The van der Waals surface area contributed by atoms with Gasteiger partial charge in [-0.2, -0.15) is 0 Å². The molecule has 34 heavy (non-hydrogen) atoms. The highest BCUT2D eigenvalue weighted by molar-refractivity contribution is 7.11. The molecule has 2 atom stereocenters. The molecule has 7 nitrogen and oxygen atoms in total. The van der Waals surface area contributed by atoms with Crippen LogP contribution < -0.4 is 5.32 Å². The summed E-state index contributed by atoms with van der Waals surface area (Å²) in [4.78, 5) is 23.5. The molecule has 1 aliphatic carbocycles. The summed E-state index contributed by atoms with van der Waals surface area (Å²) >= 11 is 1.26. The van der Waals surface area contributed by atoms with Gasteiger partial charge in [-0.25, -0.2) is 9.59 Å². The van der Waals surface area contributed by atoms with Gasteiger partial charge in [-0.1, -0.05) is 48.5 Å². The number of carboxylic acid groups (broad SMARTS) is 1. The fourth-order valence-corrected chi connectivity index (χ4v) is 4.95. The molecule has 176 valence electrons. The van der Waals surface area contributed by atoms with E-state index in [0.29, 0.717) is 10.4 Å². The van der Waals surface area contributed by atoms with Crippen molar-refractivity contribution in [3.05, 3.63) is 87.6 Å². The topological polar surface area (TPSA) is 116 Å². The number of carbonyl (C=O) groups excluding carboxylic acids is 1. The summed E-state index contributed by atoms with van der Waals surface area (Å²) in [7, 11) is 0. The Morgan fingerprint density at radius 1 is 1.06 bits per heavy atom. The molecule has 1 amide bonds. The average Bonchev–Trinajstić information content (AvgIpc) is 3.44. The van der Waals surface area contributed by atoms with E-state index in [9.17, 15) is 19.8 Å². The summed E-state index contributed by atoms with van der Waals surface area (Å²) < 4.78 is 5.47. The molecule has 0 aliphatic heterocycles. The molecule has 2 unspecified atom stereocenters. The zero-order valence-electron chi connectivity index (χ0n) is 18.3. The summed E-state index contributed by atoms with van der Waals surface area (Å²) in [5.41, 5.74) is 5.05. The molecule has 1 aromatic heterocycles. The number of aliphatic hydroxyl groups excluding tert-OH is 2. The lowest BCUT2D eigenvalue weighted by Crippen LogP contribution is -2.30. The molecule has 1 aliphatic rings. The fraction of sp³-hybridized carbons (Fsp3) is 0.231. The van der Waals surface area contributed by atoms with Gasteiger partial charge in [0.05, 0.1) is 6.10 Å². The van der Waals surface area contributed by atoms with Crippen molar-refractivity contribution in [1.29, 1.82) is 0 Å². The number of fused-ring (bicyclic) bond motifs is 3. The van der Waals surface area contributed by atoms with E-state index < -0.39 is 24.3 Å². The third kappa shape index (κ3) is 5.36. The van der Waals surface area contributed by atoms with Crippen LogP contribution in [-0.2, 0) is 9.53 Å². The SMILES string of the molecule is O=C(O)/C=C/c1cc(C(O)C(O)CCNC(=O)OCC2c3ccccc3-c3ccccc32)cs1. The largest absolute Gasteiger partial charge is 0.478 e. The highest BCUT2D eigenvalue weighted by Crippen LogP contribution is 2.44. The number of aliphatic carboxylic acids is 1. The predicted octanol–water partition coefficient (Wildman–Crippen LogP) is 4.17. The molecule has 0 saturated heterocycles. The quantitative estimate of drug-likeness (QED) is 0.343. The van der Waals surface area contributed by atoms with Gasteiger partial charge in [-0.05, 0) is 51.8 Å². The first-order chi connectivity index (χ1) is 16.4. The number of hydrogen-bond donors (Lipinski definition) is 4. The van der Waals surface area contributed by atoms with E-state index in [1.807, 2.05) is 36.4 Å². The highest BCUT2D eigenvalue weighted by atomic mass is 32.1. The molecule has 0 fully saturated rings. The molecule has 0 saturated carbocycles. The maximum absolute atomic E-state index is 12.2. The van der Waals surface area contributed by atoms with Crippen LogP contribution in [0.4, 0.5) is 4.79 Å². The second-order valence-electron chi connectivity index (χ2n) is 8.01. The van der Waals surface area contributed by atoms with Crippen LogP contribution in [0.15, 0.2) is 66.1 Å². The Hall–Kier alpha value is -3.46. The standard InChI is InChI=1S/C26H25NO6S/c28-23(25(31)16-13-17(34-15-16)9-10-24(29)30)11-12-27-26(32)33-14-22-20-7-3-1-5-18(20)19-6-2-4-8-21(19)22/h1-10,13,15,22-23,25,28,31H,11-12,14H2,(H,27,32)(H,29,30)/b10-9+. The molecular formula is C26H25NO6S. The number of rotatable bonds is 9. The predicted molar refractivity (Wildman–Crippen MR) is 130 cm³/mol. The van der Waals surface area contributed by atoms with E-state index in [-0.39, 0.29) is 25.5 Å². The van der Waals surface area contributed by atoms with Gasteiger partial charge in [0.25, 0.3) is 0 Å². The summed E-state index contributed by atoms with van der Waals surface area (Å²) in [5.74, 6) is -1.09. The molecule has 0 bridgehead atoms. The minimum atomic E-state index is -1.15. The number of hydrogen-bond acceptors (Lipinski definition) is 6. The average molecular weight is 480 g/mol. The van der Waals surface area contributed by atoms with Crippen LogP contribution in [0.5, 0.6) is 0 Å². The van der Waals surface area contributed by atoms with Crippen molar-refractivity contribution in [2.45, 2.75) is 24.5 Å². The normalized spacial score (nSPS) is 14.4. The van der Waals surface area contributed by atoms with Gasteiger partial charge in [-0.15, -0.1) is 11.3 Å². The second-order valence-corrected chi connectivity index (χ2v) is 8.95. The number of alkyl carbamates (subject to hydrolysis) is 1. The smallest absolute Gasteiger partial charge is 0.407 e. The summed E-state index contributed by atoms with van der Waals surface area (Å²) in [6.45, 7) is 0.331. The first-order valence-corrected chi connectivity index (χ1v) is 11.8. The minimum Gasteiger partial charge on any atom is -0.478 e. The van der Waals surface area contributed by atoms with E-state index in [2.05, 4.69) is 17.4 Å². The lowest BCUT2D eigenvalue weighted by molar-refractivity contribution is -0.131. The minimum absolute atomic E-state index is 0.0338. The van der Waals surface area contributed by atoms with Gasteiger partial charge >= 0.3 is 12.1 Å². The first-order valence-electron chi connectivity index (χ1n) is 10.9. The Morgan fingerprint density at radius 3 is 2.35 bits per heavy atom. The van der Waals surface area contributed by atoms with Crippen LogP contribution >= 0.6 is 11.3 Å². The number of benzene rings is 2. The Morgan fingerprint density at radius 2 is 1.71 bits per heavy atom. The molecule has 0 radical (unpaired) electrons. The highest BCUT2D eigenvalue weighted by Gasteiger charge is 2.29.